The topological polar surface area (TPSA) is 133 Å². The average Bonchev–Trinajstić information content (AvgIpc) is 2.44. The summed E-state index contributed by atoms with van der Waals surface area (Å²) in [5.74, 6) is 0. The van der Waals surface area contributed by atoms with Crippen LogP contribution in [0, 0.1) is 10.1 Å². The van der Waals surface area contributed by atoms with Gasteiger partial charge in [0.05, 0.1) is 6.61 Å². The number of aliphatic hydroxyl groups is 4. The van der Waals surface area contributed by atoms with E-state index in [0.29, 0.717) is 0 Å². The lowest BCUT2D eigenvalue weighted by Crippen LogP contribution is -2.40. The molecule has 0 bridgehead atoms. The van der Waals surface area contributed by atoms with E-state index in [1.807, 2.05) is 0 Å². The number of nitrogens with zero attached hydrogens (tertiary/aromatic N) is 1. The maximum atomic E-state index is 10.2. The Bertz CT molecular complexity index is 235. The van der Waals surface area contributed by atoms with Crippen molar-refractivity contribution in [3.05, 3.63) is 10.1 Å². The molecule has 1 saturated heterocycles. The summed E-state index contributed by atoms with van der Waals surface area (Å²) in [6, 6.07) is 0. The molecular formula is C7H13NO7. The predicted molar refractivity (Wildman–Crippen MR) is 45.6 cm³/mol. The van der Waals surface area contributed by atoms with Crippen molar-refractivity contribution in [3.8, 4) is 0 Å². The van der Waals surface area contributed by atoms with Gasteiger partial charge in [-0.15, -0.1) is 0 Å². The van der Waals surface area contributed by atoms with Crippen LogP contribution in [0.2, 0.25) is 0 Å². The molecule has 5 atom stereocenters. The predicted octanol–water partition coefficient (Wildman–Crippen LogP) is -2.89. The Morgan fingerprint density at radius 1 is 1.40 bits per heavy atom. The van der Waals surface area contributed by atoms with Crippen LogP contribution in [0.3, 0.4) is 0 Å². The zero-order valence-corrected chi connectivity index (χ0v) is 7.76. The van der Waals surface area contributed by atoms with Crippen molar-refractivity contribution >= 4 is 0 Å². The largest absolute Gasteiger partial charge is 0.394 e. The lowest BCUT2D eigenvalue weighted by atomic mass is 10.0. The van der Waals surface area contributed by atoms with Crippen LogP contribution in [0.15, 0.2) is 0 Å². The SMILES string of the molecule is O=[N+]([O-])C[C@@H]1O[C@H]([C@H](O)CO)[C@H](O)[C@@H]1O. The molecule has 1 rings (SSSR count). The minimum Gasteiger partial charge on any atom is -0.394 e. The van der Waals surface area contributed by atoms with Gasteiger partial charge in [-0.05, 0) is 0 Å². The van der Waals surface area contributed by atoms with Crippen LogP contribution in [-0.2, 0) is 4.74 Å². The van der Waals surface area contributed by atoms with Crippen molar-refractivity contribution in [2.75, 3.05) is 13.2 Å². The molecule has 1 heterocycles. The van der Waals surface area contributed by atoms with Gasteiger partial charge in [-0.25, -0.2) is 0 Å². The summed E-state index contributed by atoms with van der Waals surface area (Å²) in [6.07, 6.45) is -6.60. The van der Waals surface area contributed by atoms with Crippen LogP contribution in [0.4, 0.5) is 0 Å². The van der Waals surface area contributed by atoms with Crippen molar-refractivity contribution in [2.45, 2.75) is 30.5 Å². The van der Waals surface area contributed by atoms with Gasteiger partial charge >= 0.3 is 0 Å². The third-order valence-corrected chi connectivity index (χ3v) is 2.29. The fourth-order valence-corrected chi connectivity index (χ4v) is 1.50. The van der Waals surface area contributed by atoms with E-state index in [2.05, 4.69) is 0 Å². The Morgan fingerprint density at radius 3 is 2.47 bits per heavy atom. The van der Waals surface area contributed by atoms with Crippen molar-refractivity contribution in [3.63, 3.8) is 0 Å². The Kier molecular flexibility index (Phi) is 3.94. The first-order valence-electron chi connectivity index (χ1n) is 4.39. The molecule has 1 fully saturated rings. The van der Waals surface area contributed by atoms with Crippen molar-refractivity contribution in [1.29, 1.82) is 0 Å². The summed E-state index contributed by atoms with van der Waals surface area (Å²) in [4.78, 5) is 9.49. The molecule has 15 heavy (non-hydrogen) atoms. The lowest BCUT2D eigenvalue weighted by Gasteiger charge is -2.18. The van der Waals surface area contributed by atoms with Crippen LogP contribution in [0.5, 0.6) is 0 Å². The molecule has 8 nitrogen and oxygen atoms in total. The molecule has 0 unspecified atom stereocenters. The van der Waals surface area contributed by atoms with E-state index in [-0.39, 0.29) is 0 Å². The second kappa shape index (κ2) is 4.81. The van der Waals surface area contributed by atoms with E-state index in [0.717, 1.165) is 0 Å². The summed E-state index contributed by atoms with van der Waals surface area (Å²) in [5.41, 5.74) is 0. The van der Waals surface area contributed by atoms with Gasteiger partial charge in [0, 0.05) is 4.92 Å². The van der Waals surface area contributed by atoms with Gasteiger partial charge in [0.2, 0.25) is 6.54 Å². The minimum atomic E-state index is -1.43. The average molecular weight is 223 g/mol. The van der Waals surface area contributed by atoms with Gasteiger partial charge in [0.1, 0.15) is 24.4 Å². The first-order valence-corrected chi connectivity index (χ1v) is 4.39. The van der Waals surface area contributed by atoms with Crippen LogP contribution < -0.4 is 0 Å². The molecule has 0 aliphatic carbocycles. The zero-order valence-electron chi connectivity index (χ0n) is 7.76. The molecule has 0 aromatic rings. The highest BCUT2D eigenvalue weighted by atomic mass is 16.6. The van der Waals surface area contributed by atoms with Crippen molar-refractivity contribution in [2.24, 2.45) is 0 Å². The molecule has 0 spiro atoms. The Hall–Kier alpha value is -0.800. The fourth-order valence-electron chi connectivity index (χ4n) is 1.50. The minimum absolute atomic E-state index is 0.653. The molecule has 1 aliphatic rings. The highest BCUT2D eigenvalue weighted by Gasteiger charge is 2.47. The van der Waals surface area contributed by atoms with Crippen LogP contribution >= 0.6 is 0 Å². The Morgan fingerprint density at radius 2 is 2.00 bits per heavy atom. The third kappa shape index (κ3) is 2.61. The normalized spacial score (nSPS) is 37.9. The summed E-state index contributed by atoms with van der Waals surface area (Å²) in [6.45, 7) is -1.31. The summed E-state index contributed by atoms with van der Waals surface area (Å²) in [7, 11) is 0. The van der Waals surface area contributed by atoms with E-state index < -0.39 is 48.6 Å². The van der Waals surface area contributed by atoms with Crippen LogP contribution in [0.25, 0.3) is 0 Å². The monoisotopic (exact) mass is 223 g/mol. The number of nitro groups is 1. The van der Waals surface area contributed by atoms with Crippen molar-refractivity contribution in [1.82, 2.24) is 0 Å². The first kappa shape index (κ1) is 12.3. The molecule has 0 amide bonds. The smallest absolute Gasteiger partial charge is 0.232 e. The molecule has 88 valence electrons. The van der Waals surface area contributed by atoms with E-state index >= 15 is 0 Å². The summed E-state index contributed by atoms with van der Waals surface area (Å²) >= 11 is 0. The van der Waals surface area contributed by atoms with E-state index in [1.165, 1.54) is 0 Å². The van der Waals surface area contributed by atoms with Gasteiger partial charge < -0.3 is 25.2 Å². The summed E-state index contributed by atoms with van der Waals surface area (Å²) in [5, 5.41) is 46.7. The second-order valence-corrected chi connectivity index (χ2v) is 3.39. The third-order valence-electron chi connectivity index (χ3n) is 2.29. The fraction of sp³-hybridized carbons (Fsp3) is 1.00. The lowest BCUT2D eigenvalue weighted by molar-refractivity contribution is -0.492. The number of hydrogen-bond donors (Lipinski definition) is 4. The highest BCUT2D eigenvalue weighted by molar-refractivity contribution is 4.93. The van der Waals surface area contributed by atoms with Gasteiger partial charge in [0.15, 0.2) is 6.10 Å². The van der Waals surface area contributed by atoms with Gasteiger partial charge in [-0.1, -0.05) is 0 Å². The number of ether oxygens (including phenoxy) is 1. The zero-order chi connectivity index (χ0) is 11.6. The number of aliphatic hydroxyl groups excluding tert-OH is 4. The van der Waals surface area contributed by atoms with Gasteiger partial charge in [-0.2, -0.15) is 0 Å². The molecule has 0 radical (unpaired) electrons. The number of rotatable bonds is 4. The maximum Gasteiger partial charge on any atom is 0.232 e. The van der Waals surface area contributed by atoms with Crippen LogP contribution in [0.1, 0.15) is 0 Å². The second-order valence-electron chi connectivity index (χ2n) is 3.39. The quantitative estimate of drug-likeness (QED) is 0.297. The molecular weight excluding hydrogens is 210 g/mol. The molecule has 8 heteroatoms. The Balaban J connectivity index is 2.62. The molecule has 1 aliphatic heterocycles. The highest BCUT2D eigenvalue weighted by Crippen LogP contribution is 2.23. The van der Waals surface area contributed by atoms with Crippen molar-refractivity contribution < 1.29 is 30.1 Å². The summed E-state index contributed by atoms with van der Waals surface area (Å²) < 4.78 is 4.90. The molecule has 0 aromatic carbocycles. The van der Waals surface area contributed by atoms with E-state index in [1.54, 1.807) is 0 Å². The molecule has 0 saturated carbocycles. The maximum absolute atomic E-state index is 10.2. The van der Waals surface area contributed by atoms with Gasteiger partial charge in [0.25, 0.3) is 0 Å². The number of hydrogen-bond acceptors (Lipinski definition) is 7. The first-order chi connectivity index (χ1) is 6.97. The van der Waals surface area contributed by atoms with Crippen LogP contribution in [-0.4, -0.2) is 69.0 Å². The molecule has 4 N–H and O–H groups in total. The van der Waals surface area contributed by atoms with Gasteiger partial charge in [-0.3, -0.25) is 10.1 Å². The molecule has 0 aromatic heterocycles. The van der Waals surface area contributed by atoms with E-state index in [9.17, 15) is 25.4 Å². The Labute approximate surface area is 84.9 Å². The van der Waals surface area contributed by atoms with E-state index in [4.69, 9.17) is 9.84 Å². The standard InChI is InChI=1S/C7H13NO7/c9-2-3(10)7-6(12)5(11)4(15-7)1-8(13)14/h3-7,9-12H,1-2H2/t3-,4+,5-,6-,7-/m1/s1.